The first-order chi connectivity index (χ1) is 8.72. The minimum Gasteiger partial charge on any atom is -0.481 e. The molecular formula is C13H16N4O. The van der Waals surface area contributed by atoms with Crippen molar-refractivity contribution < 1.29 is 4.74 Å². The summed E-state index contributed by atoms with van der Waals surface area (Å²) in [4.78, 5) is 12.6. The van der Waals surface area contributed by atoms with Crippen molar-refractivity contribution in [2.24, 2.45) is 0 Å². The normalized spacial score (nSPS) is 11.9. The van der Waals surface area contributed by atoms with Gasteiger partial charge >= 0.3 is 0 Å². The van der Waals surface area contributed by atoms with Crippen LogP contribution in [0.2, 0.25) is 0 Å². The number of hydrogen-bond acceptors (Lipinski definition) is 5. The average Bonchev–Trinajstić information content (AvgIpc) is 2.42. The minimum absolute atomic E-state index is 0.0736. The fourth-order valence-corrected chi connectivity index (χ4v) is 1.70. The molecule has 0 aliphatic carbocycles. The number of ether oxygens (including phenoxy) is 1. The van der Waals surface area contributed by atoms with Gasteiger partial charge in [-0.2, -0.15) is 0 Å². The highest BCUT2D eigenvalue weighted by Gasteiger charge is 2.11. The standard InChI is InChI=1S/C13H16N4O/c1-9-12(15-8-16-13(9)18-3)17-10(2)11-6-4-5-7-14-11/h4-8,10H,1-3H3,(H,15,16,17). The Morgan fingerprint density at radius 1 is 1.22 bits per heavy atom. The molecule has 2 aromatic rings. The molecule has 94 valence electrons. The average molecular weight is 244 g/mol. The topological polar surface area (TPSA) is 59.9 Å². The van der Waals surface area contributed by atoms with Crippen molar-refractivity contribution in [3.63, 3.8) is 0 Å². The lowest BCUT2D eigenvalue weighted by atomic mass is 10.2. The maximum atomic E-state index is 5.17. The maximum absolute atomic E-state index is 5.17. The van der Waals surface area contributed by atoms with E-state index in [1.54, 1.807) is 13.3 Å². The summed E-state index contributed by atoms with van der Waals surface area (Å²) >= 11 is 0. The lowest BCUT2D eigenvalue weighted by Gasteiger charge is -2.16. The Morgan fingerprint density at radius 3 is 2.72 bits per heavy atom. The van der Waals surface area contributed by atoms with Crippen LogP contribution in [0.4, 0.5) is 5.82 Å². The van der Waals surface area contributed by atoms with Crippen LogP contribution in [0, 0.1) is 6.92 Å². The second-order valence-electron chi connectivity index (χ2n) is 3.98. The summed E-state index contributed by atoms with van der Waals surface area (Å²) in [5, 5.41) is 3.31. The number of hydrogen-bond donors (Lipinski definition) is 1. The van der Waals surface area contributed by atoms with Gasteiger partial charge in [0.25, 0.3) is 0 Å². The van der Waals surface area contributed by atoms with Crippen molar-refractivity contribution in [1.29, 1.82) is 0 Å². The van der Waals surface area contributed by atoms with Gasteiger partial charge in [-0.05, 0) is 26.0 Å². The molecule has 0 bridgehead atoms. The van der Waals surface area contributed by atoms with Crippen molar-refractivity contribution in [2.75, 3.05) is 12.4 Å². The van der Waals surface area contributed by atoms with Crippen molar-refractivity contribution in [3.8, 4) is 5.88 Å². The van der Waals surface area contributed by atoms with Gasteiger partial charge in [0.1, 0.15) is 12.1 Å². The second-order valence-corrected chi connectivity index (χ2v) is 3.98. The third kappa shape index (κ3) is 2.56. The molecule has 1 unspecified atom stereocenters. The van der Waals surface area contributed by atoms with Crippen molar-refractivity contribution in [1.82, 2.24) is 15.0 Å². The maximum Gasteiger partial charge on any atom is 0.221 e. The zero-order chi connectivity index (χ0) is 13.0. The molecule has 0 aliphatic heterocycles. The van der Waals surface area contributed by atoms with E-state index in [4.69, 9.17) is 4.74 Å². The number of nitrogens with zero attached hydrogens (tertiary/aromatic N) is 3. The van der Waals surface area contributed by atoms with Gasteiger partial charge in [-0.1, -0.05) is 6.07 Å². The molecule has 0 radical (unpaired) electrons. The minimum atomic E-state index is 0.0736. The van der Waals surface area contributed by atoms with Crippen LogP contribution in [-0.2, 0) is 0 Å². The quantitative estimate of drug-likeness (QED) is 0.894. The fraction of sp³-hybridized carbons (Fsp3) is 0.308. The number of nitrogens with one attached hydrogen (secondary N) is 1. The Balaban J connectivity index is 2.19. The molecule has 0 aliphatic rings. The molecule has 0 saturated heterocycles. The van der Waals surface area contributed by atoms with Crippen LogP contribution in [0.25, 0.3) is 0 Å². The Bertz CT molecular complexity index is 516. The van der Waals surface area contributed by atoms with E-state index >= 15 is 0 Å². The zero-order valence-electron chi connectivity index (χ0n) is 10.7. The first kappa shape index (κ1) is 12.3. The molecule has 0 aromatic carbocycles. The molecule has 1 atom stereocenters. The summed E-state index contributed by atoms with van der Waals surface area (Å²) in [5.41, 5.74) is 1.86. The largest absolute Gasteiger partial charge is 0.481 e. The van der Waals surface area contributed by atoms with Gasteiger partial charge in [-0.15, -0.1) is 0 Å². The molecule has 0 spiro atoms. The first-order valence-electron chi connectivity index (χ1n) is 5.75. The molecule has 18 heavy (non-hydrogen) atoms. The Hall–Kier alpha value is -2.17. The first-order valence-corrected chi connectivity index (χ1v) is 5.75. The van der Waals surface area contributed by atoms with E-state index in [0.29, 0.717) is 5.88 Å². The van der Waals surface area contributed by atoms with E-state index in [-0.39, 0.29) is 6.04 Å². The van der Waals surface area contributed by atoms with E-state index in [1.807, 2.05) is 32.0 Å². The number of anilines is 1. The highest BCUT2D eigenvalue weighted by atomic mass is 16.5. The van der Waals surface area contributed by atoms with Crippen LogP contribution in [-0.4, -0.2) is 22.1 Å². The smallest absolute Gasteiger partial charge is 0.221 e. The van der Waals surface area contributed by atoms with E-state index in [1.165, 1.54) is 6.33 Å². The van der Waals surface area contributed by atoms with Crippen LogP contribution < -0.4 is 10.1 Å². The van der Waals surface area contributed by atoms with Gasteiger partial charge in [-0.25, -0.2) is 9.97 Å². The summed E-state index contributed by atoms with van der Waals surface area (Å²) in [7, 11) is 1.60. The van der Waals surface area contributed by atoms with Gasteiger partial charge in [0.05, 0.1) is 24.4 Å². The van der Waals surface area contributed by atoms with E-state index in [0.717, 1.165) is 17.1 Å². The molecule has 2 rings (SSSR count). The summed E-state index contributed by atoms with van der Waals surface area (Å²) in [6.45, 7) is 3.96. The molecule has 2 aromatic heterocycles. The van der Waals surface area contributed by atoms with Crippen molar-refractivity contribution in [2.45, 2.75) is 19.9 Å². The van der Waals surface area contributed by atoms with Crippen LogP contribution in [0.5, 0.6) is 5.88 Å². The Morgan fingerprint density at radius 2 is 2.06 bits per heavy atom. The summed E-state index contributed by atoms with van der Waals surface area (Å²) in [5.74, 6) is 1.35. The van der Waals surface area contributed by atoms with Gasteiger partial charge in [0.15, 0.2) is 0 Å². The zero-order valence-corrected chi connectivity index (χ0v) is 10.7. The van der Waals surface area contributed by atoms with Gasteiger partial charge < -0.3 is 10.1 Å². The molecular weight excluding hydrogens is 228 g/mol. The monoisotopic (exact) mass is 244 g/mol. The summed E-state index contributed by atoms with van der Waals surface area (Å²) in [6, 6.07) is 5.92. The van der Waals surface area contributed by atoms with Crippen LogP contribution in [0.3, 0.4) is 0 Å². The van der Waals surface area contributed by atoms with Gasteiger partial charge in [0, 0.05) is 6.20 Å². The number of rotatable bonds is 4. The van der Waals surface area contributed by atoms with Crippen molar-refractivity contribution >= 4 is 5.82 Å². The molecule has 0 amide bonds. The van der Waals surface area contributed by atoms with Gasteiger partial charge in [0.2, 0.25) is 5.88 Å². The van der Waals surface area contributed by atoms with Crippen LogP contribution in [0.15, 0.2) is 30.7 Å². The summed E-state index contributed by atoms with van der Waals surface area (Å²) in [6.07, 6.45) is 3.26. The third-order valence-electron chi connectivity index (χ3n) is 2.72. The lowest BCUT2D eigenvalue weighted by Crippen LogP contribution is -2.11. The Labute approximate surface area is 106 Å². The van der Waals surface area contributed by atoms with Crippen LogP contribution >= 0.6 is 0 Å². The Kier molecular flexibility index (Phi) is 3.72. The van der Waals surface area contributed by atoms with E-state index < -0.39 is 0 Å². The fourth-order valence-electron chi connectivity index (χ4n) is 1.70. The lowest BCUT2D eigenvalue weighted by molar-refractivity contribution is 0.393. The molecule has 1 N–H and O–H groups in total. The molecule has 0 fully saturated rings. The van der Waals surface area contributed by atoms with Gasteiger partial charge in [-0.3, -0.25) is 4.98 Å². The molecule has 5 nitrogen and oxygen atoms in total. The summed E-state index contributed by atoms with van der Waals surface area (Å²) < 4.78 is 5.17. The highest BCUT2D eigenvalue weighted by molar-refractivity contribution is 5.48. The third-order valence-corrected chi connectivity index (χ3v) is 2.72. The SMILES string of the molecule is COc1ncnc(NC(C)c2ccccn2)c1C. The number of methoxy groups -OCH3 is 1. The second kappa shape index (κ2) is 5.44. The molecule has 5 heteroatoms. The van der Waals surface area contributed by atoms with E-state index in [2.05, 4.69) is 20.3 Å². The predicted octanol–water partition coefficient (Wildman–Crippen LogP) is 2.36. The predicted molar refractivity (Wildman–Crippen MR) is 69.6 cm³/mol. The highest BCUT2D eigenvalue weighted by Crippen LogP contribution is 2.23. The van der Waals surface area contributed by atoms with Crippen LogP contribution in [0.1, 0.15) is 24.2 Å². The van der Waals surface area contributed by atoms with E-state index in [9.17, 15) is 0 Å². The molecule has 0 saturated carbocycles. The van der Waals surface area contributed by atoms with Crippen molar-refractivity contribution in [3.05, 3.63) is 42.0 Å². The number of pyridine rings is 1. The number of aromatic nitrogens is 3. The molecule has 2 heterocycles.